The molecule has 1 N–H and O–H groups in total. The predicted molar refractivity (Wildman–Crippen MR) is 79.6 cm³/mol. The number of carbonyl (C=O) groups excluding carboxylic acids is 1. The van der Waals surface area contributed by atoms with Crippen molar-refractivity contribution in [2.45, 2.75) is 37.8 Å². The van der Waals surface area contributed by atoms with Gasteiger partial charge in [0, 0.05) is 26.2 Å². The van der Waals surface area contributed by atoms with Crippen LogP contribution in [0.1, 0.15) is 37.3 Å². The van der Waals surface area contributed by atoms with Crippen molar-refractivity contribution >= 4 is 5.91 Å². The Bertz CT molecular complexity index is 575. The Morgan fingerprint density at radius 3 is 2.70 bits per heavy atom. The predicted octanol–water partition coefficient (Wildman–Crippen LogP) is 2.42. The highest BCUT2D eigenvalue weighted by molar-refractivity contribution is 5.77. The molecular formula is C17H21F2NO3. The number of hydrogen-bond acceptors (Lipinski definition) is 3. The van der Waals surface area contributed by atoms with Gasteiger partial charge in [-0.15, -0.1) is 0 Å². The van der Waals surface area contributed by atoms with E-state index in [4.69, 9.17) is 4.74 Å². The molecule has 2 fully saturated rings. The van der Waals surface area contributed by atoms with E-state index < -0.39 is 23.8 Å². The lowest BCUT2D eigenvalue weighted by molar-refractivity contribution is -0.134. The van der Waals surface area contributed by atoms with Crippen LogP contribution in [-0.2, 0) is 9.53 Å². The fraction of sp³-hybridized carbons (Fsp3) is 0.588. The fourth-order valence-electron chi connectivity index (χ4n) is 3.44. The number of ether oxygens (including phenoxy) is 1. The third kappa shape index (κ3) is 3.70. The zero-order valence-corrected chi connectivity index (χ0v) is 12.9. The third-order valence-electron chi connectivity index (χ3n) is 4.73. The summed E-state index contributed by atoms with van der Waals surface area (Å²) in [4.78, 5) is 14.2. The van der Waals surface area contributed by atoms with Crippen molar-refractivity contribution < 1.29 is 23.4 Å². The van der Waals surface area contributed by atoms with Crippen molar-refractivity contribution in [3.63, 3.8) is 0 Å². The molecule has 0 radical (unpaired) electrons. The van der Waals surface area contributed by atoms with Crippen LogP contribution in [0.3, 0.4) is 0 Å². The molecular weight excluding hydrogens is 304 g/mol. The Labute approximate surface area is 134 Å². The molecule has 0 unspecified atom stereocenters. The second-order valence-corrected chi connectivity index (χ2v) is 6.38. The minimum atomic E-state index is -0.930. The minimum Gasteiger partial charge on any atom is -0.391 e. The van der Waals surface area contributed by atoms with Crippen LogP contribution in [0.25, 0.3) is 0 Å². The number of β-amino-alcohol motifs (C(OH)–C–C–N with tert-alkyl or cyclic N) is 1. The van der Waals surface area contributed by atoms with Gasteiger partial charge in [0.05, 0.1) is 12.1 Å². The maximum atomic E-state index is 13.5. The molecule has 0 saturated carbocycles. The summed E-state index contributed by atoms with van der Waals surface area (Å²) in [5.74, 6) is -1.59. The molecule has 0 aliphatic carbocycles. The molecule has 3 rings (SSSR count). The number of amides is 1. The first-order valence-electron chi connectivity index (χ1n) is 8.05. The molecule has 0 aromatic heterocycles. The topological polar surface area (TPSA) is 49.8 Å². The summed E-state index contributed by atoms with van der Waals surface area (Å²) in [5.41, 5.74) is 0.528. The molecule has 2 atom stereocenters. The molecule has 1 amide bonds. The number of aliphatic hydroxyl groups excluding tert-OH is 1. The standard InChI is InChI=1S/C17H21F2NO3/c18-14-2-1-12(8-15(14)19)16-9-13(21)10-20(16)17(22)7-11-3-5-23-6-4-11/h1-2,8,11,13,16,21H,3-7,9-10H2/t13-,16+/m1/s1. The van der Waals surface area contributed by atoms with Gasteiger partial charge in [0.15, 0.2) is 11.6 Å². The van der Waals surface area contributed by atoms with E-state index in [1.54, 1.807) is 4.90 Å². The van der Waals surface area contributed by atoms with Crippen LogP contribution in [-0.4, -0.2) is 41.8 Å². The SMILES string of the molecule is O=C(CC1CCOCC1)N1C[C@H](O)C[C@H]1c1ccc(F)c(F)c1. The smallest absolute Gasteiger partial charge is 0.223 e. The molecule has 2 aliphatic heterocycles. The zero-order chi connectivity index (χ0) is 16.4. The minimum absolute atomic E-state index is 0.0387. The Kier molecular flexibility index (Phi) is 4.92. The molecule has 6 heteroatoms. The van der Waals surface area contributed by atoms with Gasteiger partial charge < -0.3 is 14.7 Å². The summed E-state index contributed by atoms with van der Waals surface area (Å²) in [5, 5.41) is 9.93. The number of likely N-dealkylation sites (tertiary alicyclic amines) is 1. The number of benzene rings is 1. The second-order valence-electron chi connectivity index (χ2n) is 6.38. The van der Waals surface area contributed by atoms with E-state index >= 15 is 0 Å². The van der Waals surface area contributed by atoms with Crippen LogP contribution in [0, 0.1) is 17.6 Å². The molecule has 2 aliphatic rings. The maximum absolute atomic E-state index is 13.5. The molecule has 1 aromatic rings. The molecule has 0 spiro atoms. The van der Waals surface area contributed by atoms with Crippen molar-refractivity contribution in [3.8, 4) is 0 Å². The van der Waals surface area contributed by atoms with Crippen LogP contribution in [0.5, 0.6) is 0 Å². The van der Waals surface area contributed by atoms with Gasteiger partial charge in [-0.25, -0.2) is 8.78 Å². The summed E-state index contributed by atoms with van der Waals surface area (Å²) in [7, 11) is 0. The van der Waals surface area contributed by atoms with Crippen molar-refractivity contribution in [2.75, 3.05) is 19.8 Å². The van der Waals surface area contributed by atoms with Gasteiger partial charge in [-0.2, -0.15) is 0 Å². The van der Waals surface area contributed by atoms with E-state index in [-0.39, 0.29) is 12.5 Å². The Morgan fingerprint density at radius 1 is 1.26 bits per heavy atom. The number of rotatable bonds is 3. The van der Waals surface area contributed by atoms with Gasteiger partial charge >= 0.3 is 0 Å². The summed E-state index contributed by atoms with van der Waals surface area (Å²) in [6.45, 7) is 1.59. The van der Waals surface area contributed by atoms with Crippen LogP contribution < -0.4 is 0 Å². The number of aliphatic hydroxyl groups is 1. The number of carbonyl (C=O) groups is 1. The van der Waals surface area contributed by atoms with E-state index in [0.29, 0.717) is 37.5 Å². The van der Waals surface area contributed by atoms with E-state index in [2.05, 4.69) is 0 Å². The number of hydrogen-bond donors (Lipinski definition) is 1. The van der Waals surface area contributed by atoms with Gasteiger partial charge in [0.2, 0.25) is 5.91 Å². The average molecular weight is 325 g/mol. The first kappa shape index (κ1) is 16.3. The van der Waals surface area contributed by atoms with E-state index in [1.807, 2.05) is 0 Å². The van der Waals surface area contributed by atoms with Crippen LogP contribution in [0.2, 0.25) is 0 Å². The van der Waals surface area contributed by atoms with Gasteiger partial charge in [0.1, 0.15) is 0 Å². The molecule has 1 aromatic carbocycles. The van der Waals surface area contributed by atoms with Gasteiger partial charge in [0.25, 0.3) is 0 Å². The monoisotopic (exact) mass is 325 g/mol. The van der Waals surface area contributed by atoms with Crippen molar-refractivity contribution in [1.82, 2.24) is 4.90 Å². The van der Waals surface area contributed by atoms with Crippen LogP contribution >= 0.6 is 0 Å². The molecule has 126 valence electrons. The summed E-state index contributed by atoms with van der Waals surface area (Å²) >= 11 is 0. The molecule has 23 heavy (non-hydrogen) atoms. The molecule has 2 saturated heterocycles. The van der Waals surface area contributed by atoms with Crippen molar-refractivity contribution in [2.24, 2.45) is 5.92 Å². The summed E-state index contributed by atoms with van der Waals surface area (Å²) in [6, 6.07) is 3.27. The first-order chi connectivity index (χ1) is 11.0. The van der Waals surface area contributed by atoms with Crippen molar-refractivity contribution in [1.29, 1.82) is 0 Å². The zero-order valence-electron chi connectivity index (χ0n) is 12.9. The van der Waals surface area contributed by atoms with Crippen molar-refractivity contribution in [3.05, 3.63) is 35.4 Å². The lowest BCUT2D eigenvalue weighted by Crippen LogP contribution is -2.34. The van der Waals surface area contributed by atoms with E-state index in [9.17, 15) is 18.7 Å². The largest absolute Gasteiger partial charge is 0.391 e. The second kappa shape index (κ2) is 6.93. The normalized spacial score (nSPS) is 25.8. The Balaban J connectivity index is 1.73. The molecule has 4 nitrogen and oxygen atoms in total. The van der Waals surface area contributed by atoms with Crippen LogP contribution in [0.4, 0.5) is 8.78 Å². The third-order valence-corrected chi connectivity index (χ3v) is 4.73. The fourth-order valence-corrected chi connectivity index (χ4v) is 3.44. The quantitative estimate of drug-likeness (QED) is 0.928. The van der Waals surface area contributed by atoms with E-state index in [1.165, 1.54) is 6.07 Å². The number of halogens is 2. The van der Waals surface area contributed by atoms with Gasteiger partial charge in [-0.3, -0.25) is 4.79 Å². The Morgan fingerprint density at radius 2 is 2.00 bits per heavy atom. The highest BCUT2D eigenvalue weighted by Crippen LogP contribution is 2.34. The average Bonchev–Trinajstić information content (AvgIpc) is 2.93. The summed E-state index contributed by atoms with van der Waals surface area (Å²) in [6.07, 6.45) is 1.85. The molecule has 2 heterocycles. The number of nitrogens with zero attached hydrogens (tertiary/aromatic N) is 1. The highest BCUT2D eigenvalue weighted by atomic mass is 19.2. The summed E-state index contributed by atoms with van der Waals surface area (Å²) < 4.78 is 31.9. The van der Waals surface area contributed by atoms with Gasteiger partial charge in [-0.05, 0) is 42.9 Å². The lowest BCUT2D eigenvalue weighted by atomic mass is 9.95. The highest BCUT2D eigenvalue weighted by Gasteiger charge is 2.36. The maximum Gasteiger partial charge on any atom is 0.223 e. The van der Waals surface area contributed by atoms with Crippen LogP contribution in [0.15, 0.2) is 18.2 Å². The van der Waals surface area contributed by atoms with Gasteiger partial charge in [-0.1, -0.05) is 6.07 Å². The Hall–Kier alpha value is -1.53. The molecule has 0 bridgehead atoms. The van der Waals surface area contributed by atoms with E-state index in [0.717, 1.165) is 25.0 Å². The lowest BCUT2D eigenvalue weighted by Gasteiger charge is -2.28. The first-order valence-corrected chi connectivity index (χ1v) is 8.05.